The molecule has 0 atom stereocenters. The van der Waals surface area contributed by atoms with E-state index in [0.29, 0.717) is 16.5 Å². The van der Waals surface area contributed by atoms with Gasteiger partial charge in [0.05, 0.1) is 22.6 Å². The van der Waals surface area contributed by atoms with E-state index in [-0.39, 0.29) is 5.60 Å². The summed E-state index contributed by atoms with van der Waals surface area (Å²) in [6.45, 7) is 7.84. The van der Waals surface area contributed by atoms with Crippen LogP contribution in [0.3, 0.4) is 0 Å². The average molecular weight is 292 g/mol. The lowest BCUT2D eigenvalue weighted by Crippen LogP contribution is -2.22. The smallest absolute Gasteiger partial charge is 0.142 e. The number of nitrogens with two attached hydrogens (primary N) is 1. The van der Waals surface area contributed by atoms with Crippen LogP contribution < -0.4 is 10.5 Å². The molecule has 2 N–H and O–H groups in total. The normalized spacial score (nSPS) is 11.4. The Bertz CT molecular complexity index is 636. The topological polar surface area (TPSA) is 61.0 Å². The van der Waals surface area contributed by atoms with E-state index in [1.807, 2.05) is 39.8 Å². The van der Waals surface area contributed by atoms with Crippen molar-refractivity contribution in [1.29, 1.82) is 0 Å². The van der Waals surface area contributed by atoms with Gasteiger partial charge in [-0.15, -0.1) is 0 Å². The van der Waals surface area contributed by atoms with Crippen LogP contribution in [0.4, 0.5) is 5.82 Å². The van der Waals surface area contributed by atoms with Crippen molar-refractivity contribution >= 4 is 17.4 Å². The first kappa shape index (κ1) is 14.6. The Balaban J connectivity index is 2.42. The van der Waals surface area contributed by atoms with Crippen LogP contribution in [0.5, 0.6) is 5.75 Å². The molecule has 0 unspecified atom stereocenters. The van der Waals surface area contributed by atoms with Gasteiger partial charge in [-0.3, -0.25) is 4.98 Å². The Morgan fingerprint density at radius 2 is 1.95 bits per heavy atom. The second-order valence-corrected chi connectivity index (χ2v) is 5.99. The lowest BCUT2D eigenvalue weighted by atomic mass is 10.1. The Morgan fingerprint density at radius 3 is 2.55 bits per heavy atom. The minimum atomic E-state index is -0.266. The van der Waals surface area contributed by atoms with Gasteiger partial charge >= 0.3 is 0 Å². The fraction of sp³-hybridized carbons (Fsp3) is 0.333. The molecule has 0 aliphatic rings. The van der Waals surface area contributed by atoms with Crippen LogP contribution in [0, 0.1) is 6.92 Å². The van der Waals surface area contributed by atoms with Crippen LogP contribution in [0.2, 0.25) is 5.02 Å². The number of halogens is 1. The van der Waals surface area contributed by atoms with E-state index in [9.17, 15) is 0 Å². The molecule has 0 bridgehead atoms. The number of benzene rings is 1. The van der Waals surface area contributed by atoms with Crippen molar-refractivity contribution in [1.82, 2.24) is 9.97 Å². The second-order valence-electron chi connectivity index (χ2n) is 5.58. The number of aryl methyl sites for hydroxylation is 1. The van der Waals surface area contributed by atoms with Gasteiger partial charge in [-0.2, -0.15) is 0 Å². The molecule has 0 fully saturated rings. The second kappa shape index (κ2) is 5.29. The van der Waals surface area contributed by atoms with Crippen LogP contribution in [0.25, 0.3) is 11.3 Å². The lowest BCUT2D eigenvalue weighted by molar-refractivity contribution is 0.131. The molecule has 0 aliphatic carbocycles. The third-order valence-corrected chi connectivity index (χ3v) is 2.91. The summed E-state index contributed by atoms with van der Waals surface area (Å²) < 4.78 is 5.78. The van der Waals surface area contributed by atoms with Gasteiger partial charge in [0.1, 0.15) is 17.2 Å². The van der Waals surface area contributed by atoms with Crippen molar-refractivity contribution in [3.8, 4) is 17.0 Å². The summed E-state index contributed by atoms with van der Waals surface area (Å²) in [5.74, 6) is 1.09. The fourth-order valence-electron chi connectivity index (χ4n) is 1.82. The Kier molecular flexibility index (Phi) is 3.86. The van der Waals surface area contributed by atoms with Crippen molar-refractivity contribution in [2.75, 3.05) is 5.73 Å². The van der Waals surface area contributed by atoms with Gasteiger partial charge in [-0.1, -0.05) is 11.6 Å². The molecule has 1 aromatic heterocycles. The zero-order valence-electron chi connectivity index (χ0n) is 12.1. The van der Waals surface area contributed by atoms with Gasteiger partial charge in [0, 0.05) is 5.56 Å². The molecule has 0 saturated carbocycles. The molecule has 0 radical (unpaired) electrons. The van der Waals surface area contributed by atoms with Gasteiger partial charge in [-0.05, 0) is 45.9 Å². The van der Waals surface area contributed by atoms with E-state index >= 15 is 0 Å². The fourth-order valence-corrected chi connectivity index (χ4v) is 2.08. The number of ether oxygens (including phenoxy) is 1. The van der Waals surface area contributed by atoms with Crippen LogP contribution in [-0.2, 0) is 0 Å². The molecule has 2 rings (SSSR count). The van der Waals surface area contributed by atoms with Crippen molar-refractivity contribution < 1.29 is 4.74 Å². The maximum absolute atomic E-state index is 6.33. The quantitative estimate of drug-likeness (QED) is 0.912. The molecule has 0 aliphatic heterocycles. The molecule has 0 saturated heterocycles. The Morgan fingerprint density at radius 1 is 1.25 bits per heavy atom. The zero-order valence-corrected chi connectivity index (χ0v) is 12.8. The van der Waals surface area contributed by atoms with Crippen molar-refractivity contribution in [2.24, 2.45) is 0 Å². The summed E-state index contributed by atoms with van der Waals surface area (Å²) in [6.07, 6.45) is 1.53. The summed E-state index contributed by atoms with van der Waals surface area (Å²) in [5, 5.41) is 0.565. The molecule has 106 valence electrons. The van der Waals surface area contributed by atoms with Crippen molar-refractivity contribution in [3.05, 3.63) is 35.1 Å². The minimum absolute atomic E-state index is 0.266. The highest BCUT2D eigenvalue weighted by Crippen LogP contribution is 2.32. The summed E-state index contributed by atoms with van der Waals surface area (Å²) in [7, 11) is 0. The standard InChI is InChI=1S/C15H18ClN3O/c1-9-14(19-13(17)8-18-9)11-6-5-10(7-12(11)16)20-15(2,3)4/h5-8H,1-4H3,(H2,17,19). The highest BCUT2D eigenvalue weighted by atomic mass is 35.5. The van der Waals surface area contributed by atoms with Gasteiger partial charge in [0.2, 0.25) is 0 Å². The van der Waals surface area contributed by atoms with E-state index < -0.39 is 0 Å². The first-order valence-corrected chi connectivity index (χ1v) is 6.72. The number of nitrogen functional groups attached to an aromatic ring is 1. The summed E-state index contributed by atoms with van der Waals surface area (Å²) in [4.78, 5) is 8.50. The molecule has 0 spiro atoms. The predicted molar refractivity (Wildman–Crippen MR) is 82.0 cm³/mol. The third kappa shape index (κ3) is 3.39. The molecule has 20 heavy (non-hydrogen) atoms. The number of hydrogen-bond acceptors (Lipinski definition) is 4. The molecular weight excluding hydrogens is 274 g/mol. The van der Waals surface area contributed by atoms with Crippen molar-refractivity contribution in [3.63, 3.8) is 0 Å². The molecule has 2 aromatic rings. The minimum Gasteiger partial charge on any atom is -0.488 e. The average Bonchev–Trinajstić information content (AvgIpc) is 2.31. The van der Waals surface area contributed by atoms with E-state index in [1.54, 1.807) is 6.07 Å². The van der Waals surface area contributed by atoms with Crippen LogP contribution in [0.1, 0.15) is 26.5 Å². The highest BCUT2D eigenvalue weighted by Gasteiger charge is 2.15. The van der Waals surface area contributed by atoms with Gasteiger partial charge in [0.25, 0.3) is 0 Å². The maximum atomic E-state index is 6.33. The van der Waals surface area contributed by atoms with E-state index in [4.69, 9.17) is 22.1 Å². The van der Waals surface area contributed by atoms with Gasteiger partial charge in [0.15, 0.2) is 0 Å². The molecule has 0 amide bonds. The predicted octanol–water partition coefficient (Wildman–Crippen LogP) is 3.86. The number of aromatic nitrogens is 2. The lowest BCUT2D eigenvalue weighted by Gasteiger charge is -2.21. The van der Waals surface area contributed by atoms with Gasteiger partial charge in [-0.25, -0.2) is 4.98 Å². The highest BCUT2D eigenvalue weighted by molar-refractivity contribution is 6.33. The number of rotatable bonds is 2. The molecule has 1 heterocycles. The summed E-state index contributed by atoms with van der Waals surface area (Å²) in [5.41, 5.74) is 7.69. The first-order chi connectivity index (χ1) is 9.26. The number of hydrogen-bond donors (Lipinski definition) is 1. The monoisotopic (exact) mass is 291 g/mol. The Labute approximate surface area is 124 Å². The Hall–Kier alpha value is -1.81. The van der Waals surface area contributed by atoms with E-state index in [2.05, 4.69) is 9.97 Å². The van der Waals surface area contributed by atoms with Crippen molar-refractivity contribution in [2.45, 2.75) is 33.3 Å². The van der Waals surface area contributed by atoms with Crippen LogP contribution >= 0.6 is 11.6 Å². The third-order valence-electron chi connectivity index (χ3n) is 2.59. The molecular formula is C15H18ClN3O. The van der Waals surface area contributed by atoms with E-state index in [1.165, 1.54) is 6.20 Å². The van der Waals surface area contributed by atoms with Gasteiger partial charge < -0.3 is 10.5 Å². The maximum Gasteiger partial charge on any atom is 0.142 e. The SMILES string of the molecule is Cc1ncc(N)nc1-c1ccc(OC(C)(C)C)cc1Cl. The molecule has 1 aromatic carbocycles. The molecule has 4 nitrogen and oxygen atoms in total. The summed E-state index contributed by atoms with van der Waals surface area (Å²) in [6, 6.07) is 5.53. The number of anilines is 1. The van der Waals surface area contributed by atoms with Crippen LogP contribution in [-0.4, -0.2) is 15.6 Å². The van der Waals surface area contributed by atoms with Crippen LogP contribution in [0.15, 0.2) is 24.4 Å². The molecule has 5 heteroatoms. The first-order valence-electron chi connectivity index (χ1n) is 6.34. The number of nitrogens with zero attached hydrogens (tertiary/aromatic N) is 2. The zero-order chi connectivity index (χ0) is 14.9. The largest absolute Gasteiger partial charge is 0.488 e. The van der Waals surface area contributed by atoms with E-state index in [0.717, 1.165) is 17.0 Å². The summed E-state index contributed by atoms with van der Waals surface area (Å²) >= 11 is 6.33.